The van der Waals surface area contributed by atoms with Crippen LogP contribution < -0.4 is 20.1 Å². The summed E-state index contributed by atoms with van der Waals surface area (Å²) in [5.74, 6) is 0.232. The minimum Gasteiger partial charge on any atom is -0.491 e. The first kappa shape index (κ1) is 32.0. The van der Waals surface area contributed by atoms with Crippen LogP contribution in [-0.2, 0) is 19.6 Å². The number of para-hydroxylation sites is 1. The highest BCUT2D eigenvalue weighted by molar-refractivity contribution is 7.89. The Labute approximate surface area is 261 Å². The van der Waals surface area contributed by atoms with E-state index in [4.69, 9.17) is 14.2 Å². The highest BCUT2D eigenvalue weighted by atomic mass is 32.2. The van der Waals surface area contributed by atoms with Crippen LogP contribution in [0.4, 0.5) is 10.5 Å². The number of ether oxygens (including phenoxy) is 3. The summed E-state index contributed by atoms with van der Waals surface area (Å²) in [6, 6.07) is 12.5. The van der Waals surface area contributed by atoms with Crippen LogP contribution in [0.3, 0.4) is 0 Å². The average molecular weight is 640 g/mol. The minimum absolute atomic E-state index is 0.0375. The van der Waals surface area contributed by atoms with Crippen LogP contribution in [0.2, 0.25) is 0 Å². The van der Waals surface area contributed by atoms with E-state index in [2.05, 4.69) is 15.6 Å². The number of hydrogen-bond donors (Lipinski definition) is 3. The number of sulfonamides is 1. The molecule has 3 N–H and O–H groups in total. The van der Waals surface area contributed by atoms with Crippen molar-refractivity contribution in [3.8, 4) is 11.5 Å². The molecule has 0 unspecified atom stereocenters. The number of carbonyl (C=O) groups is 2. The second-order valence-corrected chi connectivity index (χ2v) is 13.1. The molecule has 2 aliphatic rings. The van der Waals surface area contributed by atoms with Gasteiger partial charge < -0.3 is 34.9 Å². The van der Waals surface area contributed by atoms with E-state index >= 15 is 0 Å². The molecule has 0 spiro atoms. The van der Waals surface area contributed by atoms with E-state index in [1.54, 1.807) is 37.4 Å². The fourth-order valence-electron chi connectivity index (χ4n) is 5.14. The molecule has 0 aliphatic carbocycles. The molecule has 45 heavy (non-hydrogen) atoms. The molecule has 2 aliphatic heterocycles. The van der Waals surface area contributed by atoms with Gasteiger partial charge in [-0.2, -0.15) is 4.31 Å². The molecular weight excluding hydrogens is 602 g/mol. The van der Waals surface area contributed by atoms with Crippen LogP contribution in [0.1, 0.15) is 13.8 Å². The van der Waals surface area contributed by atoms with Crippen molar-refractivity contribution in [2.45, 2.75) is 30.9 Å². The Bertz CT molecular complexity index is 1690. The topological polar surface area (TPSA) is 160 Å². The zero-order valence-electron chi connectivity index (χ0n) is 25.3. The molecule has 3 amide bonds. The van der Waals surface area contributed by atoms with Crippen LogP contribution in [-0.4, -0.2) is 98.3 Å². The van der Waals surface area contributed by atoms with Crippen molar-refractivity contribution in [3.05, 3.63) is 66.6 Å². The highest BCUT2D eigenvalue weighted by Crippen LogP contribution is 2.33. The number of aliphatic hydroxyl groups is 1. The molecular formula is C31H37N5O8S. The minimum atomic E-state index is -3.97. The van der Waals surface area contributed by atoms with E-state index in [-0.39, 0.29) is 42.8 Å². The SMILES string of the molecule is C[C@@H]1CN([C@@H](C)CO)C(=O)/C=C(/CNC(=O)Nc2cccc3cccnc23)O[C@H]1CN(C)S(=O)(=O)c1ccc2c(c1)OCCO2. The molecule has 2 aromatic carbocycles. The molecule has 5 rings (SSSR count). The normalized spacial score (nSPS) is 20.4. The van der Waals surface area contributed by atoms with E-state index in [1.807, 2.05) is 19.1 Å². The van der Waals surface area contributed by atoms with Crippen molar-refractivity contribution in [1.29, 1.82) is 0 Å². The van der Waals surface area contributed by atoms with E-state index in [0.717, 1.165) is 5.39 Å². The molecule has 240 valence electrons. The van der Waals surface area contributed by atoms with Gasteiger partial charge in [0.05, 0.1) is 41.8 Å². The lowest BCUT2D eigenvalue weighted by molar-refractivity contribution is -0.131. The molecule has 0 bridgehead atoms. The van der Waals surface area contributed by atoms with E-state index in [0.29, 0.717) is 35.9 Å². The van der Waals surface area contributed by atoms with Crippen molar-refractivity contribution in [1.82, 2.24) is 19.5 Å². The summed E-state index contributed by atoms with van der Waals surface area (Å²) in [6.07, 6.45) is 2.19. The molecule has 0 radical (unpaired) electrons. The number of pyridine rings is 1. The van der Waals surface area contributed by atoms with Gasteiger partial charge in [-0.15, -0.1) is 0 Å². The maximum absolute atomic E-state index is 13.6. The number of fused-ring (bicyclic) bond motifs is 2. The summed E-state index contributed by atoms with van der Waals surface area (Å²) in [4.78, 5) is 32.0. The third-order valence-corrected chi connectivity index (χ3v) is 9.57. The molecule has 3 heterocycles. The average Bonchev–Trinajstić information content (AvgIpc) is 3.04. The van der Waals surface area contributed by atoms with Crippen LogP contribution in [0.5, 0.6) is 11.5 Å². The number of aliphatic hydroxyl groups excluding tert-OH is 1. The number of rotatable bonds is 9. The van der Waals surface area contributed by atoms with Crippen molar-refractivity contribution in [2.75, 3.05) is 51.8 Å². The maximum Gasteiger partial charge on any atom is 0.319 e. The van der Waals surface area contributed by atoms with Crippen molar-refractivity contribution < 1.29 is 37.3 Å². The maximum atomic E-state index is 13.6. The second kappa shape index (κ2) is 13.7. The highest BCUT2D eigenvalue weighted by Gasteiger charge is 2.34. The smallest absolute Gasteiger partial charge is 0.319 e. The van der Waals surface area contributed by atoms with E-state index in [9.17, 15) is 23.1 Å². The predicted octanol–water partition coefficient (Wildman–Crippen LogP) is 2.58. The van der Waals surface area contributed by atoms with E-state index in [1.165, 1.54) is 34.5 Å². The molecule has 1 aromatic heterocycles. The fraction of sp³-hybridized carbons (Fsp3) is 0.387. The summed E-state index contributed by atoms with van der Waals surface area (Å²) in [5.41, 5.74) is 1.13. The standard InChI is InChI=1S/C31H37N5O8S/c1-20-17-36(21(2)19-37)29(38)14-23(16-33-31(39)34-25-8-4-6-22-7-5-11-32-30(22)25)44-28(20)18-35(3)45(40,41)24-9-10-26-27(15-24)43-13-12-42-26/h4-11,14-15,20-21,28,37H,12-13,16-19H2,1-3H3,(H2,33,34,39)/b23-14-/t20-,21+,28+/m1/s1. The first-order valence-corrected chi connectivity index (χ1v) is 16.0. The number of amides is 3. The van der Waals surface area contributed by atoms with Crippen LogP contribution in [0, 0.1) is 5.92 Å². The van der Waals surface area contributed by atoms with Gasteiger partial charge in [0, 0.05) is 43.2 Å². The molecule has 0 saturated carbocycles. The zero-order chi connectivity index (χ0) is 32.1. The van der Waals surface area contributed by atoms with Gasteiger partial charge in [-0.25, -0.2) is 13.2 Å². The van der Waals surface area contributed by atoms with Crippen molar-refractivity contribution >= 4 is 38.6 Å². The van der Waals surface area contributed by atoms with Gasteiger partial charge in [-0.3, -0.25) is 9.78 Å². The quantitative estimate of drug-likeness (QED) is 0.320. The molecule has 0 fully saturated rings. The second-order valence-electron chi connectivity index (χ2n) is 11.0. The van der Waals surface area contributed by atoms with Gasteiger partial charge in [0.25, 0.3) is 0 Å². The Morgan fingerprint density at radius 1 is 1.16 bits per heavy atom. The van der Waals surface area contributed by atoms with Crippen LogP contribution in [0.25, 0.3) is 10.9 Å². The number of aromatic nitrogens is 1. The summed E-state index contributed by atoms with van der Waals surface area (Å²) in [5, 5.41) is 16.2. The monoisotopic (exact) mass is 639 g/mol. The van der Waals surface area contributed by atoms with Crippen molar-refractivity contribution in [2.24, 2.45) is 5.92 Å². The van der Waals surface area contributed by atoms with Gasteiger partial charge in [0.2, 0.25) is 15.9 Å². The summed E-state index contributed by atoms with van der Waals surface area (Å²) in [7, 11) is -2.51. The number of carbonyl (C=O) groups excluding carboxylic acids is 2. The number of urea groups is 1. The molecule has 3 aromatic rings. The first-order valence-electron chi connectivity index (χ1n) is 14.6. The Balaban J connectivity index is 1.33. The Hall–Kier alpha value is -4.40. The number of nitrogens with one attached hydrogen (secondary N) is 2. The summed E-state index contributed by atoms with van der Waals surface area (Å²) >= 11 is 0. The summed E-state index contributed by atoms with van der Waals surface area (Å²) < 4.78 is 45.7. The molecule has 13 nitrogen and oxygen atoms in total. The van der Waals surface area contributed by atoms with Gasteiger partial charge in [0.15, 0.2) is 11.5 Å². The fourth-order valence-corrected chi connectivity index (χ4v) is 6.34. The lowest BCUT2D eigenvalue weighted by Gasteiger charge is -2.37. The zero-order valence-corrected chi connectivity index (χ0v) is 26.1. The Morgan fingerprint density at radius 3 is 2.69 bits per heavy atom. The number of nitrogens with zero attached hydrogens (tertiary/aromatic N) is 3. The largest absolute Gasteiger partial charge is 0.491 e. The number of hydrogen-bond acceptors (Lipinski definition) is 9. The number of likely N-dealkylation sites (N-methyl/N-ethyl adjacent to an activating group) is 1. The Kier molecular flexibility index (Phi) is 9.75. The van der Waals surface area contributed by atoms with E-state index < -0.39 is 34.1 Å². The molecule has 14 heteroatoms. The lowest BCUT2D eigenvalue weighted by atomic mass is 10.0. The predicted molar refractivity (Wildman–Crippen MR) is 166 cm³/mol. The summed E-state index contributed by atoms with van der Waals surface area (Å²) in [6.45, 7) is 4.02. The van der Waals surface area contributed by atoms with Crippen LogP contribution >= 0.6 is 0 Å². The van der Waals surface area contributed by atoms with Gasteiger partial charge >= 0.3 is 6.03 Å². The van der Waals surface area contributed by atoms with Gasteiger partial charge in [-0.1, -0.05) is 25.1 Å². The van der Waals surface area contributed by atoms with Gasteiger partial charge in [-0.05, 0) is 31.2 Å². The third kappa shape index (κ3) is 7.30. The Morgan fingerprint density at radius 2 is 1.91 bits per heavy atom. The van der Waals surface area contributed by atoms with Crippen molar-refractivity contribution in [3.63, 3.8) is 0 Å². The molecule has 3 atom stereocenters. The number of benzene rings is 2. The lowest BCUT2D eigenvalue weighted by Crippen LogP contribution is -2.49. The van der Waals surface area contributed by atoms with Crippen LogP contribution in [0.15, 0.2) is 71.5 Å². The third-order valence-electron chi connectivity index (χ3n) is 7.75. The first-order chi connectivity index (χ1) is 21.6. The number of anilines is 1. The molecule has 0 saturated heterocycles. The van der Waals surface area contributed by atoms with Gasteiger partial charge in [0.1, 0.15) is 25.1 Å².